The number of thioether (sulfide) groups is 1. The van der Waals surface area contributed by atoms with Crippen molar-refractivity contribution in [3.05, 3.63) is 94.4 Å². The fourth-order valence-corrected chi connectivity index (χ4v) is 4.71. The van der Waals surface area contributed by atoms with Gasteiger partial charge in [0, 0.05) is 11.6 Å². The summed E-state index contributed by atoms with van der Waals surface area (Å²) in [7, 11) is 1.57. The van der Waals surface area contributed by atoms with Gasteiger partial charge in [-0.15, -0.1) is 0 Å². The molecule has 176 valence electrons. The molecule has 6 nitrogen and oxygen atoms in total. The number of methoxy groups -OCH3 is 1. The number of nitriles is 1. The molecule has 0 N–H and O–H groups in total. The van der Waals surface area contributed by atoms with Crippen molar-refractivity contribution < 1.29 is 14.3 Å². The Hall–Kier alpha value is -4.02. The van der Waals surface area contributed by atoms with E-state index in [0.717, 1.165) is 16.8 Å². The van der Waals surface area contributed by atoms with Crippen LogP contribution in [-0.2, 0) is 11.4 Å². The summed E-state index contributed by atoms with van der Waals surface area (Å²) in [6.45, 7) is 4.20. The number of hydrogen-bond acceptors (Lipinski definition) is 6. The quantitative estimate of drug-likeness (QED) is 0.376. The third-order valence-corrected chi connectivity index (χ3v) is 6.32. The van der Waals surface area contributed by atoms with Crippen molar-refractivity contribution in [1.29, 1.82) is 5.26 Å². The van der Waals surface area contributed by atoms with Gasteiger partial charge >= 0.3 is 0 Å². The smallest absolute Gasteiger partial charge is 0.266 e. The van der Waals surface area contributed by atoms with E-state index in [1.165, 1.54) is 11.8 Å². The Bertz CT molecular complexity index is 1330. The summed E-state index contributed by atoms with van der Waals surface area (Å²) < 4.78 is 11.5. The Morgan fingerprint density at radius 2 is 1.80 bits per heavy atom. The molecule has 3 aromatic rings. The Balaban J connectivity index is 1.57. The van der Waals surface area contributed by atoms with Gasteiger partial charge in [-0.05, 0) is 67.6 Å². The molecule has 1 heterocycles. The lowest BCUT2D eigenvalue weighted by atomic mass is 10.1. The SMILES string of the molecule is COc1cc(/C=C2/SC(=Nc3ccccc3)N(C(C)C)C2=O)ccc1OCc1ccccc1C#N. The summed E-state index contributed by atoms with van der Waals surface area (Å²) in [5.41, 5.74) is 2.99. The average Bonchev–Trinajstić information content (AvgIpc) is 3.18. The van der Waals surface area contributed by atoms with Crippen LogP contribution < -0.4 is 9.47 Å². The molecule has 0 unspecified atom stereocenters. The summed E-state index contributed by atoms with van der Waals surface area (Å²) >= 11 is 1.36. The predicted octanol–water partition coefficient (Wildman–Crippen LogP) is 6.16. The summed E-state index contributed by atoms with van der Waals surface area (Å²) in [4.78, 5) is 20.2. The van der Waals surface area contributed by atoms with Gasteiger partial charge in [0.15, 0.2) is 16.7 Å². The third-order valence-electron chi connectivity index (χ3n) is 5.34. The number of aliphatic imine (C=N–C) groups is 1. The minimum absolute atomic E-state index is 0.0232. The van der Waals surface area contributed by atoms with Crippen LogP contribution in [0.5, 0.6) is 11.5 Å². The number of hydrogen-bond donors (Lipinski definition) is 0. The van der Waals surface area contributed by atoms with Crippen LogP contribution >= 0.6 is 11.8 Å². The van der Waals surface area contributed by atoms with E-state index in [4.69, 9.17) is 14.5 Å². The highest BCUT2D eigenvalue weighted by molar-refractivity contribution is 8.18. The normalized spacial score (nSPS) is 15.6. The zero-order valence-corrected chi connectivity index (χ0v) is 20.6. The lowest BCUT2D eigenvalue weighted by Crippen LogP contribution is -2.35. The van der Waals surface area contributed by atoms with Crippen molar-refractivity contribution in [3.8, 4) is 17.6 Å². The van der Waals surface area contributed by atoms with E-state index >= 15 is 0 Å². The molecule has 35 heavy (non-hydrogen) atoms. The molecule has 0 aliphatic carbocycles. The molecule has 3 aromatic carbocycles. The average molecular weight is 484 g/mol. The van der Waals surface area contributed by atoms with E-state index < -0.39 is 0 Å². The summed E-state index contributed by atoms with van der Waals surface area (Å²) in [6, 6.07) is 24.6. The van der Waals surface area contributed by atoms with Crippen molar-refractivity contribution in [1.82, 2.24) is 4.90 Å². The van der Waals surface area contributed by atoms with E-state index in [0.29, 0.717) is 27.1 Å². The molecule has 1 aliphatic rings. The van der Waals surface area contributed by atoms with Crippen LogP contribution in [0.2, 0.25) is 0 Å². The Morgan fingerprint density at radius 1 is 1.06 bits per heavy atom. The van der Waals surface area contributed by atoms with Crippen LogP contribution in [0.4, 0.5) is 5.69 Å². The topological polar surface area (TPSA) is 74.9 Å². The number of carbonyl (C=O) groups is 1. The number of rotatable bonds is 7. The molecule has 1 amide bonds. The van der Waals surface area contributed by atoms with E-state index in [-0.39, 0.29) is 18.6 Å². The molecule has 1 fully saturated rings. The van der Waals surface area contributed by atoms with Crippen molar-refractivity contribution in [2.75, 3.05) is 7.11 Å². The molecule has 0 radical (unpaired) electrons. The molecular weight excluding hydrogens is 458 g/mol. The second-order valence-corrected chi connectivity index (χ2v) is 9.09. The summed E-state index contributed by atoms with van der Waals surface area (Å²) in [5.74, 6) is 1.03. The highest BCUT2D eigenvalue weighted by atomic mass is 32.2. The molecule has 4 rings (SSSR count). The number of para-hydroxylation sites is 1. The zero-order valence-electron chi connectivity index (χ0n) is 19.8. The van der Waals surface area contributed by atoms with Crippen LogP contribution in [0.25, 0.3) is 6.08 Å². The molecule has 7 heteroatoms. The fourth-order valence-electron chi connectivity index (χ4n) is 3.59. The number of carbonyl (C=O) groups excluding carboxylic acids is 1. The summed E-state index contributed by atoms with van der Waals surface area (Å²) in [5, 5.41) is 9.94. The highest BCUT2D eigenvalue weighted by Gasteiger charge is 2.35. The van der Waals surface area contributed by atoms with Crippen LogP contribution in [0.3, 0.4) is 0 Å². The van der Waals surface area contributed by atoms with Gasteiger partial charge in [0.2, 0.25) is 0 Å². The number of amides is 1. The molecule has 1 saturated heterocycles. The minimum Gasteiger partial charge on any atom is -0.493 e. The first kappa shape index (κ1) is 24.1. The van der Waals surface area contributed by atoms with Gasteiger partial charge in [0.05, 0.1) is 29.3 Å². The van der Waals surface area contributed by atoms with E-state index in [1.54, 1.807) is 18.1 Å². The second-order valence-electron chi connectivity index (χ2n) is 8.08. The van der Waals surface area contributed by atoms with Gasteiger partial charge in [-0.2, -0.15) is 5.26 Å². The van der Waals surface area contributed by atoms with Gasteiger partial charge in [-0.3, -0.25) is 9.69 Å². The van der Waals surface area contributed by atoms with E-state index in [2.05, 4.69) is 6.07 Å². The molecule has 0 spiro atoms. The Morgan fingerprint density at radius 3 is 2.51 bits per heavy atom. The molecular formula is C28H25N3O3S. The number of ether oxygens (including phenoxy) is 2. The van der Waals surface area contributed by atoms with E-state index in [9.17, 15) is 10.1 Å². The van der Waals surface area contributed by atoms with Crippen LogP contribution in [0, 0.1) is 11.3 Å². The van der Waals surface area contributed by atoms with Crippen molar-refractivity contribution in [3.63, 3.8) is 0 Å². The first-order valence-corrected chi connectivity index (χ1v) is 12.0. The monoisotopic (exact) mass is 483 g/mol. The number of nitrogens with zero attached hydrogens (tertiary/aromatic N) is 3. The first-order chi connectivity index (χ1) is 17.0. The second kappa shape index (κ2) is 10.9. The van der Waals surface area contributed by atoms with E-state index in [1.807, 2.05) is 86.7 Å². The van der Waals surface area contributed by atoms with Gasteiger partial charge in [-0.1, -0.05) is 42.5 Å². The third kappa shape index (κ3) is 5.56. The first-order valence-electron chi connectivity index (χ1n) is 11.2. The van der Waals surface area contributed by atoms with Gasteiger partial charge in [0.25, 0.3) is 5.91 Å². The molecule has 0 aromatic heterocycles. The van der Waals surface area contributed by atoms with Crippen LogP contribution in [-0.4, -0.2) is 29.1 Å². The zero-order chi connectivity index (χ0) is 24.8. The maximum Gasteiger partial charge on any atom is 0.266 e. The summed E-state index contributed by atoms with van der Waals surface area (Å²) in [6.07, 6.45) is 1.84. The Kier molecular flexibility index (Phi) is 7.54. The fraction of sp³-hybridized carbons (Fsp3) is 0.179. The largest absolute Gasteiger partial charge is 0.493 e. The standard InChI is InChI=1S/C28H25N3O3S/c1-19(2)31-27(32)26(35-28(31)30-23-11-5-4-6-12-23)16-20-13-14-24(25(15-20)33-3)34-18-22-10-8-7-9-21(22)17-29/h4-16,19H,18H2,1-3H3/b26-16+,30-28?. The molecule has 1 aliphatic heterocycles. The van der Waals surface area contributed by atoms with Crippen LogP contribution in [0.15, 0.2) is 82.7 Å². The number of amidine groups is 1. The molecule has 0 bridgehead atoms. The van der Waals surface area contributed by atoms with Crippen molar-refractivity contribution in [2.24, 2.45) is 4.99 Å². The predicted molar refractivity (Wildman–Crippen MR) is 140 cm³/mol. The molecule has 0 saturated carbocycles. The lowest BCUT2D eigenvalue weighted by molar-refractivity contribution is -0.123. The van der Waals surface area contributed by atoms with Crippen molar-refractivity contribution >= 4 is 34.6 Å². The van der Waals surface area contributed by atoms with Crippen molar-refractivity contribution in [2.45, 2.75) is 26.5 Å². The Labute approximate surface area is 209 Å². The molecule has 0 atom stereocenters. The van der Waals surface area contributed by atoms with Crippen LogP contribution in [0.1, 0.15) is 30.5 Å². The minimum atomic E-state index is -0.0768. The number of benzene rings is 3. The maximum absolute atomic E-state index is 13.2. The van der Waals surface area contributed by atoms with Gasteiger partial charge in [0.1, 0.15) is 6.61 Å². The maximum atomic E-state index is 13.2. The lowest BCUT2D eigenvalue weighted by Gasteiger charge is -2.19. The highest BCUT2D eigenvalue weighted by Crippen LogP contribution is 2.37. The van der Waals surface area contributed by atoms with Gasteiger partial charge < -0.3 is 9.47 Å². The van der Waals surface area contributed by atoms with Gasteiger partial charge in [-0.25, -0.2) is 4.99 Å².